The van der Waals surface area contributed by atoms with Crippen molar-refractivity contribution in [2.45, 2.75) is 18.0 Å². The molecule has 2 amide bonds. The highest BCUT2D eigenvalue weighted by Crippen LogP contribution is 2.40. The lowest BCUT2D eigenvalue weighted by Gasteiger charge is -2.48. The van der Waals surface area contributed by atoms with E-state index in [4.69, 9.17) is 9.47 Å². The number of benzene rings is 2. The molecule has 0 aliphatic carbocycles. The van der Waals surface area contributed by atoms with Gasteiger partial charge >= 0.3 is 5.97 Å². The summed E-state index contributed by atoms with van der Waals surface area (Å²) in [4.78, 5) is 48.8. The molecule has 0 unspecified atom stereocenters. The first-order valence-electron chi connectivity index (χ1n) is 10.1. The summed E-state index contributed by atoms with van der Waals surface area (Å²) < 4.78 is 10.6. The van der Waals surface area contributed by atoms with Gasteiger partial charge in [-0.1, -0.05) is 18.2 Å². The van der Waals surface area contributed by atoms with Gasteiger partial charge in [0.25, 0.3) is 17.5 Å². The summed E-state index contributed by atoms with van der Waals surface area (Å²) in [6.45, 7) is -0.485. The number of aliphatic hydroxyl groups is 1. The molecule has 2 aliphatic heterocycles. The molecular formula is C22H19N3O8S. The number of nitrogens with one attached hydrogen (secondary N) is 1. The molecule has 0 radical (unpaired) electrons. The Morgan fingerprint density at radius 2 is 1.88 bits per heavy atom. The first kappa shape index (κ1) is 23.1. The smallest absolute Gasteiger partial charge is 0.358 e. The number of nitro groups is 1. The number of hydrogen-bond acceptors (Lipinski definition) is 9. The number of hydrogen-bond donors (Lipinski definition) is 2. The second-order valence-electron chi connectivity index (χ2n) is 7.35. The van der Waals surface area contributed by atoms with Gasteiger partial charge in [0.2, 0.25) is 0 Å². The van der Waals surface area contributed by atoms with Gasteiger partial charge in [0.05, 0.1) is 10.7 Å². The summed E-state index contributed by atoms with van der Waals surface area (Å²) in [6, 6.07) is 13.3. The lowest BCUT2D eigenvalue weighted by molar-refractivity contribution is -0.384. The zero-order chi connectivity index (χ0) is 24.2. The predicted octanol–water partition coefficient (Wildman–Crippen LogP) is 1.89. The number of rotatable bonds is 8. The number of ether oxygens (including phenoxy) is 2. The van der Waals surface area contributed by atoms with Crippen molar-refractivity contribution in [2.24, 2.45) is 0 Å². The summed E-state index contributed by atoms with van der Waals surface area (Å²) in [5.41, 5.74) is 0.122. The maximum atomic E-state index is 12.7. The van der Waals surface area contributed by atoms with Crippen molar-refractivity contribution in [2.75, 3.05) is 12.4 Å². The summed E-state index contributed by atoms with van der Waals surface area (Å²) in [7, 11) is 0. The van der Waals surface area contributed by atoms with Crippen molar-refractivity contribution in [1.29, 1.82) is 0 Å². The molecule has 176 valence electrons. The number of non-ortho nitro benzene ring substituents is 1. The molecule has 2 aromatic rings. The lowest BCUT2D eigenvalue weighted by Crippen LogP contribution is -2.70. The molecule has 11 nitrogen and oxygen atoms in total. The number of para-hydroxylation sites is 1. The van der Waals surface area contributed by atoms with Crippen LogP contribution in [0.1, 0.15) is 5.56 Å². The van der Waals surface area contributed by atoms with E-state index >= 15 is 0 Å². The number of thioether (sulfide) groups is 1. The van der Waals surface area contributed by atoms with E-state index in [2.05, 4.69) is 5.32 Å². The van der Waals surface area contributed by atoms with Crippen molar-refractivity contribution in [1.82, 2.24) is 10.2 Å². The highest BCUT2D eigenvalue weighted by atomic mass is 32.2. The van der Waals surface area contributed by atoms with E-state index in [1.807, 2.05) is 6.07 Å². The van der Waals surface area contributed by atoms with Gasteiger partial charge in [0, 0.05) is 12.1 Å². The molecule has 2 heterocycles. The number of fused-ring (bicyclic) bond motifs is 1. The van der Waals surface area contributed by atoms with Gasteiger partial charge in [-0.15, -0.1) is 11.8 Å². The molecule has 4 rings (SSSR count). The fraction of sp³-hybridized carbons (Fsp3) is 0.227. The largest absolute Gasteiger partial charge is 0.509 e. The van der Waals surface area contributed by atoms with Crippen LogP contribution < -0.4 is 10.1 Å². The summed E-state index contributed by atoms with van der Waals surface area (Å²) in [5, 5.41) is 23.0. The number of nitro benzene ring substituents is 1. The topological polar surface area (TPSA) is 148 Å². The van der Waals surface area contributed by atoms with Crippen LogP contribution >= 0.6 is 11.8 Å². The predicted molar refractivity (Wildman–Crippen MR) is 120 cm³/mol. The second kappa shape index (κ2) is 9.83. The summed E-state index contributed by atoms with van der Waals surface area (Å²) in [5.74, 6) is -1.70. The molecule has 0 bridgehead atoms. The Kier molecular flexibility index (Phi) is 6.68. The Bertz CT molecular complexity index is 1150. The molecule has 0 saturated carbocycles. The molecular weight excluding hydrogens is 466 g/mol. The number of carbonyl (C=O) groups is 3. The van der Waals surface area contributed by atoms with Gasteiger partial charge in [-0.3, -0.25) is 24.6 Å². The van der Waals surface area contributed by atoms with Gasteiger partial charge in [-0.2, -0.15) is 0 Å². The van der Waals surface area contributed by atoms with Gasteiger partial charge in [-0.25, -0.2) is 4.79 Å². The molecule has 0 aromatic heterocycles. The molecule has 2 aliphatic rings. The lowest BCUT2D eigenvalue weighted by atomic mass is 10.0. The molecule has 2 N–H and O–H groups in total. The van der Waals surface area contributed by atoms with Gasteiger partial charge < -0.3 is 19.9 Å². The van der Waals surface area contributed by atoms with E-state index in [0.717, 1.165) is 4.90 Å². The normalized spacial score (nSPS) is 19.1. The first-order valence-corrected chi connectivity index (χ1v) is 11.1. The van der Waals surface area contributed by atoms with Gasteiger partial charge in [0.15, 0.2) is 12.3 Å². The van der Waals surface area contributed by atoms with Crippen LogP contribution in [0.5, 0.6) is 5.75 Å². The summed E-state index contributed by atoms with van der Waals surface area (Å²) in [6.07, 6.45) is 0. The van der Waals surface area contributed by atoms with Crippen LogP contribution in [0.25, 0.3) is 0 Å². The third kappa shape index (κ3) is 4.81. The SMILES string of the molecule is O=C(COc1ccccc1)N[C@@H]1C(=O)N2C(C(=O)OCc3ccc([N+](=O)[O-])cc3)=C(O)CS[C@H]12. The third-order valence-corrected chi connectivity index (χ3v) is 6.35. The van der Waals surface area contributed by atoms with Gasteiger partial charge in [-0.05, 0) is 29.8 Å². The number of amides is 2. The third-order valence-electron chi connectivity index (χ3n) is 5.09. The Labute approximate surface area is 197 Å². The molecule has 1 saturated heterocycles. The van der Waals surface area contributed by atoms with E-state index in [-0.39, 0.29) is 36.1 Å². The Morgan fingerprint density at radius 1 is 1.18 bits per heavy atom. The van der Waals surface area contributed by atoms with Crippen LogP contribution in [0.3, 0.4) is 0 Å². The molecule has 34 heavy (non-hydrogen) atoms. The number of nitrogens with zero attached hydrogens (tertiary/aromatic N) is 2. The highest BCUT2D eigenvalue weighted by molar-refractivity contribution is 8.00. The maximum absolute atomic E-state index is 12.7. The zero-order valence-corrected chi connectivity index (χ0v) is 18.4. The van der Waals surface area contributed by atoms with E-state index in [9.17, 15) is 29.6 Å². The second-order valence-corrected chi connectivity index (χ2v) is 8.46. The molecule has 2 atom stereocenters. The molecule has 12 heteroatoms. The van der Waals surface area contributed by atoms with Crippen molar-refractivity contribution in [3.8, 4) is 5.75 Å². The van der Waals surface area contributed by atoms with E-state index in [1.54, 1.807) is 24.3 Å². The molecule has 1 fully saturated rings. The minimum atomic E-state index is -0.910. The van der Waals surface area contributed by atoms with Crippen LogP contribution in [0, 0.1) is 10.1 Å². The molecule has 2 aromatic carbocycles. The minimum Gasteiger partial charge on any atom is -0.509 e. The highest BCUT2D eigenvalue weighted by Gasteiger charge is 2.54. The number of esters is 1. The fourth-order valence-electron chi connectivity index (χ4n) is 3.41. The summed E-state index contributed by atoms with van der Waals surface area (Å²) >= 11 is 1.20. The van der Waals surface area contributed by atoms with Crippen molar-refractivity contribution in [3.05, 3.63) is 81.7 Å². The Balaban J connectivity index is 1.34. The Hall–Kier alpha value is -4.06. The minimum absolute atomic E-state index is 0.0588. The van der Waals surface area contributed by atoms with Crippen LogP contribution in [0.2, 0.25) is 0 Å². The maximum Gasteiger partial charge on any atom is 0.358 e. The van der Waals surface area contributed by atoms with Crippen LogP contribution in [0.4, 0.5) is 5.69 Å². The standard InChI is InChI=1S/C22H19N3O8S/c26-16-12-34-21-18(23-17(27)11-32-15-4-2-1-3-5-15)20(28)24(21)19(16)22(29)33-10-13-6-8-14(9-7-13)25(30)31/h1-9,18,21,26H,10-12H2,(H,23,27)/t18-,21-/m1/s1. The van der Waals surface area contributed by atoms with Crippen LogP contribution in [0.15, 0.2) is 66.1 Å². The van der Waals surface area contributed by atoms with E-state index in [1.165, 1.54) is 36.0 Å². The molecule has 0 spiro atoms. The average molecular weight is 485 g/mol. The van der Waals surface area contributed by atoms with Crippen molar-refractivity contribution >= 4 is 35.2 Å². The monoisotopic (exact) mass is 485 g/mol. The quantitative estimate of drug-likeness (QED) is 0.247. The van der Waals surface area contributed by atoms with E-state index in [0.29, 0.717) is 11.3 Å². The van der Waals surface area contributed by atoms with Crippen molar-refractivity contribution in [3.63, 3.8) is 0 Å². The zero-order valence-electron chi connectivity index (χ0n) is 17.6. The fourth-order valence-corrected chi connectivity index (χ4v) is 4.61. The number of β-lactam (4-membered cyclic amide) rings is 1. The number of aliphatic hydroxyl groups excluding tert-OH is 1. The van der Waals surface area contributed by atoms with Crippen molar-refractivity contribution < 1.29 is 33.9 Å². The van der Waals surface area contributed by atoms with Crippen LogP contribution in [-0.2, 0) is 25.7 Å². The van der Waals surface area contributed by atoms with Gasteiger partial charge in [0.1, 0.15) is 29.5 Å². The first-order chi connectivity index (χ1) is 16.3. The number of carbonyl (C=O) groups excluding carboxylic acids is 3. The Morgan fingerprint density at radius 3 is 2.56 bits per heavy atom. The van der Waals surface area contributed by atoms with E-state index < -0.39 is 34.1 Å². The average Bonchev–Trinajstić information content (AvgIpc) is 2.85. The van der Waals surface area contributed by atoms with Crippen LogP contribution in [-0.4, -0.2) is 56.5 Å².